The summed E-state index contributed by atoms with van der Waals surface area (Å²) >= 11 is 0. The SMILES string of the molecule is COc1cc(P(C2CC2)C2CC2)ccc1[N+](=O)[O-]. The van der Waals surface area contributed by atoms with Gasteiger partial charge in [0.1, 0.15) is 0 Å². The molecule has 4 nitrogen and oxygen atoms in total. The Bertz CT molecular complexity index is 471. The van der Waals surface area contributed by atoms with Crippen molar-refractivity contribution in [1.29, 1.82) is 0 Å². The van der Waals surface area contributed by atoms with Gasteiger partial charge in [-0.1, -0.05) is 7.92 Å². The highest BCUT2D eigenvalue weighted by atomic mass is 31.1. The molecule has 0 aliphatic heterocycles. The second-order valence-electron chi connectivity index (χ2n) is 4.98. The lowest BCUT2D eigenvalue weighted by molar-refractivity contribution is -0.385. The van der Waals surface area contributed by atoms with E-state index < -0.39 is 0 Å². The fourth-order valence-electron chi connectivity index (χ4n) is 2.40. The summed E-state index contributed by atoms with van der Waals surface area (Å²) in [4.78, 5) is 10.5. The van der Waals surface area contributed by atoms with Crippen LogP contribution in [0.5, 0.6) is 5.75 Å². The number of methoxy groups -OCH3 is 1. The fourth-order valence-corrected chi connectivity index (χ4v) is 5.77. The van der Waals surface area contributed by atoms with Crippen molar-refractivity contribution >= 4 is 18.9 Å². The predicted molar refractivity (Wildman–Crippen MR) is 72.2 cm³/mol. The summed E-state index contributed by atoms with van der Waals surface area (Å²) in [6, 6.07) is 5.46. The van der Waals surface area contributed by atoms with Gasteiger partial charge >= 0.3 is 5.69 Å². The average Bonchev–Trinajstić information content (AvgIpc) is 3.22. The Labute approximate surface area is 107 Å². The first-order valence-electron chi connectivity index (χ1n) is 6.31. The quantitative estimate of drug-likeness (QED) is 0.467. The molecule has 0 aromatic heterocycles. The van der Waals surface area contributed by atoms with Crippen molar-refractivity contribution in [3.05, 3.63) is 28.3 Å². The lowest BCUT2D eigenvalue weighted by atomic mass is 10.3. The summed E-state index contributed by atoms with van der Waals surface area (Å²) < 4.78 is 5.17. The summed E-state index contributed by atoms with van der Waals surface area (Å²) in [6.45, 7) is 0. The molecule has 0 spiro atoms. The number of hydrogen-bond acceptors (Lipinski definition) is 3. The van der Waals surface area contributed by atoms with E-state index in [0.29, 0.717) is 5.75 Å². The van der Waals surface area contributed by atoms with Crippen molar-refractivity contribution in [3.63, 3.8) is 0 Å². The third-order valence-electron chi connectivity index (χ3n) is 3.54. The Morgan fingerprint density at radius 3 is 2.33 bits per heavy atom. The number of hydrogen-bond donors (Lipinski definition) is 0. The molecule has 0 radical (unpaired) electrons. The highest BCUT2D eigenvalue weighted by molar-refractivity contribution is 7.67. The van der Waals surface area contributed by atoms with E-state index in [-0.39, 0.29) is 18.5 Å². The number of nitrogens with zero attached hydrogens (tertiary/aromatic N) is 1. The Balaban J connectivity index is 1.94. The van der Waals surface area contributed by atoms with Gasteiger partial charge in [0.15, 0.2) is 5.75 Å². The van der Waals surface area contributed by atoms with Crippen LogP contribution in [0.25, 0.3) is 0 Å². The number of nitro benzene ring substituents is 1. The molecule has 0 bridgehead atoms. The second-order valence-corrected chi connectivity index (χ2v) is 7.77. The molecular weight excluding hydrogens is 249 g/mol. The Morgan fingerprint density at radius 2 is 1.89 bits per heavy atom. The maximum absolute atomic E-state index is 10.9. The van der Waals surface area contributed by atoms with Gasteiger partial charge in [-0.3, -0.25) is 10.1 Å². The molecule has 1 aromatic carbocycles. The molecule has 2 saturated carbocycles. The number of benzene rings is 1. The van der Waals surface area contributed by atoms with Crippen LogP contribution in [-0.2, 0) is 0 Å². The van der Waals surface area contributed by atoms with E-state index in [1.165, 1.54) is 38.1 Å². The largest absolute Gasteiger partial charge is 0.490 e. The van der Waals surface area contributed by atoms with E-state index in [2.05, 4.69) is 0 Å². The molecule has 18 heavy (non-hydrogen) atoms. The molecule has 0 amide bonds. The van der Waals surface area contributed by atoms with E-state index in [9.17, 15) is 10.1 Å². The van der Waals surface area contributed by atoms with Gasteiger partial charge in [0.2, 0.25) is 0 Å². The maximum atomic E-state index is 10.9. The van der Waals surface area contributed by atoms with Gasteiger partial charge in [0.25, 0.3) is 0 Å². The lowest BCUT2D eigenvalue weighted by Crippen LogP contribution is -2.09. The topological polar surface area (TPSA) is 52.4 Å². The van der Waals surface area contributed by atoms with Gasteiger partial charge in [-0.25, -0.2) is 0 Å². The second kappa shape index (κ2) is 4.51. The Kier molecular flexibility index (Phi) is 2.98. The van der Waals surface area contributed by atoms with Crippen molar-refractivity contribution in [2.75, 3.05) is 7.11 Å². The minimum absolute atomic E-state index is 0.0720. The highest BCUT2D eigenvalue weighted by Gasteiger charge is 2.42. The van der Waals surface area contributed by atoms with Crippen molar-refractivity contribution in [1.82, 2.24) is 0 Å². The molecule has 96 valence electrons. The van der Waals surface area contributed by atoms with Crippen LogP contribution in [0.1, 0.15) is 25.7 Å². The first-order chi connectivity index (χ1) is 8.70. The van der Waals surface area contributed by atoms with Gasteiger partial charge in [0.05, 0.1) is 12.0 Å². The molecule has 2 aliphatic rings. The van der Waals surface area contributed by atoms with Crippen molar-refractivity contribution < 1.29 is 9.66 Å². The molecule has 2 aliphatic carbocycles. The summed E-state index contributed by atoms with van der Waals surface area (Å²) in [5.41, 5.74) is 1.79. The molecule has 3 rings (SSSR count). The van der Waals surface area contributed by atoms with Crippen LogP contribution < -0.4 is 10.0 Å². The molecule has 1 aromatic rings. The first-order valence-corrected chi connectivity index (χ1v) is 7.79. The van der Waals surface area contributed by atoms with E-state index in [1.54, 1.807) is 6.07 Å². The van der Waals surface area contributed by atoms with Crippen molar-refractivity contribution in [3.8, 4) is 5.75 Å². The molecule has 0 N–H and O–H groups in total. The summed E-state index contributed by atoms with van der Waals surface area (Å²) in [5, 5.41) is 12.2. The number of nitro groups is 1. The zero-order chi connectivity index (χ0) is 12.7. The summed E-state index contributed by atoms with van der Waals surface area (Å²) in [5.74, 6) is 0.409. The third-order valence-corrected chi connectivity index (χ3v) is 7.02. The zero-order valence-corrected chi connectivity index (χ0v) is 11.2. The van der Waals surface area contributed by atoms with Gasteiger partial charge in [0, 0.05) is 6.07 Å². The van der Waals surface area contributed by atoms with Gasteiger partial charge in [-0.2, -0.15) is 0 Å². The first kappa shape index (κ1) is 11.9. The van der Waals surface area contributed by atoms with Crippen molar-refractivity contribution in [2.45, 2.75) is 37.0 Å². The van der Waals surface area contributed by atoms with E-state index in [1.807, 2.05) is 12.1 Å². The molecule has 2 fully saturated rings. The van der Waals surface area contributed by atoms with Crippen LogP contribution >= 0.6 is 7.92 Å². The molecule has 0 unspecified atom stereocenters. The van der Waals surface area contributed by atoms with Crippen molar-refractivity contribution in [2.24, 2.45) is 0 Å². The summed E-state index contributed by atoms with van der Waals surface area (Å²) in [7, 11) is 1.39. The van der Waals surface area contributed by atoms with Gasteiger partial charge in [-0.15, -0.1) is 0 Å². The predicted octanol–water partition coefficient (Wildman–Crippen LogP) is 3.04. The van der Waals surface area contributed by atoms with Crippen LogP contribution in [0.4, 0.5) is 5.69 Å². The minimum atomic E-state index is -0.376. The number of rotatable bonds is 5. The standard InChI is InChI=1S/C13H16NO3P/c1-17-13-8-11(6-7-12(13)14(15)16)18(9-2-3-9)10-4-5-10/h6-10H,2-5H2,1H3. The Morgan fingerprint density at radius 1 is 1.28 bits per heavy atom. The van der Waals surface area contributed by atoms with Crippen LogP contribution in [0, 0.1) is 10.1 Å². The molecule has 0 saturated heterocycles. The lowest BCUT2D eigenvalue weighted by Gasteiger charge is -2.17. The average molecular weight is 265 g/mol. The molecule has 0 heterocycles. The molecule has 5 heteroatoms. The third kappa shape index (κ3) is 2.22. The number of ether oxygens (including phenoxy) is 1. The minimum Gasteiger partial charge on any atom is -0.490 e. The summed E-state index contributed by atoms with van der Waals surface area (Å²) in [6.07, 6.45) is 5.34. The molecule has 0 atom stereocenters. The van der Waals surface area contributed by atoms with Crippen LogP contribution in [0.15, 0.2) is 18.2 Å². The van der Waals surface area contributed by atoms with Gasteiger partial charge in [-0.05, 0) is 54.4 Å². The van der Waals surface area contributed by atoms with Crippen LogP contribution in [-0.4, -0.2) is 23.4 Å². The van der Waals surface area contributed by atoms with E-state index in [0.717, 1.165) is 11.3 Å². The fraction of sp³-hybridized carbons (Fsp3) is 0.538. The van der Waals surface area contributed by atoms with Crippen LogP contribution in [0.2, 0.25) is 0 Å². The Hall–Kier alpha value is -1.15. The zero-order valence-electron chi connectivity index (χ0n) is 10.3. The maximum Gasteiger partial charge on any atom is 0.310 e. The monoisotopic (exact) mass is 265 g/mol. The normalized spacial score (nSPS) is 19.0. The smallest absolute Gasteiger partial charge is 0.310 e. The molecular formula is C13H16NO3P. The van der Waals surface area contributed by atoms with E-state index >= 15 is 0 Å². The highest BCUT2D eigenvalue weighted by Crippen LogP contribution is 2.63. The van der Waals surface area contributed by atoms with E-state index in [4.69, 9.17) is 4.74 Å². The van der Waals surface area contributed by atoms with Gasteiger partial charge < -0.3 is 4.74 Å². The van der Waals surface area contributed by atoms with Crippen LogP contribution in [0.3, 0.4) is 0 Å².